The lowest BCUT2D eigenvalue weighted by atomic mass is 10.0. The summed E-state index contributed by atoms with van der Waals surface area (Å²) in [5.74, 6) is 2.74. The van der Waals surface area contributed by atoms with Crippen LogP contribution in [0.3, 0.4) is 0 Å². The molecule has 8 rings (SSSR count). The highest BCUT2D eigenvalue weighted by Gasteiger charge is 2.12. The summed E-state index contributed by atoms with van der Waals surface area (Å²) in [7, 11) is 0.653. The molecule has 0 amide bonds. The first-order valence-corrected chi connectivity index (χ1v) is 18.4. The molecule has 0 bridgehead atoms. The molecule has 0 spiro atoms. The van der Waals surface area contributed by atoms with Gasteiger partial charge in [0.25, 0.3) is 0 Å². The zero-order valence-electron chi connectivity index (χ0n) is 27.2. The highest BCUT2D eigenvalue weighted by Crippen LogP contribution is 2.31. The van der Waals surface area contributed by atoms with Crippen molar-refractivity contribution in [1.82, 2.24) is 20.4 Å². The van der Waals surface area contributed by atoms with E-state index in [2.05, 4.69) is 93.0 Å². The number of halogens is 3. The van der Waals surface area contributed by atoms with E-state index in [1.807, 2.05) is 133 Å². The van der Waals surface area contributed by atoms with Gasteiger partial charge in [-0.2, -0.15) is 0 Å². The van der Waals surface area contributed by atoms with Crippen molar-refractivity contribution in [3.05, 3.63) is 170 Å². The van der Waals surface area contributed by atoms with Crippen LogP contribution in [0.2, 0.25) is 0 Å². The number of hydrogen-bond donors (Lipinski definition) is 1. The van der Waals surface area contributed by atoms with Gasteiger partial charge < -0.3 is 18.5 Å². The molecule has 0 saturated carbocycles. The average molecular weight is 925 g/mol. The van der Waals surface area contributed by atoms with Crippen LogP contribution in [0.15, 0.2) is 176 Å². The summed E-state index contributed by atoms with van der Waals surface area (Å²) in [5, 5.41) is 24.7. The standard InChI is InChI=1S/C20H13BrN2O.C14H9IN2O.C6H5BBrO2/c21-18-9-5-4-8-17(18)14-10-12-16(13-11-14)20-23-22-19(24-20)15-6-2-1-3-7-15;15-12-8-6-11(7-9-12)14-17-16-13(18-14)10-4-2-1-3-5-10;8-5-3-1-2-4-6(5)10-7-9/h1-13H;1-9H;1-4,9H. The lowest BCUT2D eigenvalue weighted by Gasteiger charge is -2.04. The van der Waals surface area contributed by atoms with Gasteiger partial charge in [-0.15, -0.1) is 20.4 Å². The summed E-state index contributed by atoms with van der Waals surface area (Å²) in [6, 6.07) is 51.0. The molecule has 52 heavy (non-hydrogen) atoms. The number of para-hydroxylation sites is 1. The minimum Gasteiger partial charge on any atom is -0.537 e. The SMILES string of the molecule is Brc1ccccc1-c1ccc(-c2nnc(-c3ccccc3)o2)cc1.Ic1ccc(-c2nnc(-c3ccccc3)o2)cc1.O[B]Oc1ccccc1Br. The van der Waals surface area contributed by atoms with Crippen molar-refractivity contribution in [3.63, 3.8) is 0 Å². The van der Waals surface area contributed by atoms with E-state index in [9.17, 15) is 0 Å². The molecular formula is C40H27BBr2IN4O4. The third-order valence-electron chi connectivity index (χ3n) is 7.32. The molecule has 2 aromatic heterocycles. The zero-order valence-corrected chi connectivity index (χ0v) is 32.5. The maximum absolute atomic E-state index is 8.28. The molecule has 0 aliphatic rings. The van der Waals surface area contributed by atoms with Crippen molar-refractivity contribution in [2.45, 2.75) is 0 Å². The van der Waals surface area contributed by atoms with E-state index in [1.54, 1.807) is 6.07 Å². The van der Waals surface area contributed by atoms with Crippen LogP contribution in [-0.2, 0) is 0 Å². The summed E-state index contributed by atoms with van der Waals surface area (Å²) in [6.45, 7) is 0. The number of hydrogen-bond acceptors (Lipinski definition) is 8. The highest BCUT2D eigenvalue weighted by molar-refractivity contribution is 14.1. The molecule has 8 nitrogen and oxygen atoms in total. The Morgan fingerprint density at radius 3 is 1.31 bits per heavy atom. The van der Waals surface area contributed by atoms with E-state index in [0.29, 0.717) is 37.0 Å². The first-order chi connectivity index (χ1) is 25.5. The third-order valence-corrected chi connectivity index (χ3v) is 9.38. The topological polar surface area (TPSA) is 107 Å². The molecule has 0 atom stereocenters. The Hall–Kier alpha value is -4.89. The Morgan fingerprint density at radius 1 is 0.462 bits per heavy atom. The van der Waals surface area contributed by atoms with Gasteiger partial charge in [-0.05, 0) is 129 Å². The smallest absolute Gasteiger partial charge is 0.537 e. The van der Waals surface area contributed by atoms with Crippen molar-refractivity contribution < 1.29 is 18.5 Å². The second kappa shape index (κ2) is 18.6. The molecule has 0 aliphatic carbocycles. The zero-order chi connectivity index (χ0) is 36.1. The van der Waals surface area contributed by atoms with E-state index >= 15 is 0 Å². The van der Waals surface area contributed by atoms with Crippen LogP contribution in [0.4, 0.5) is 0 Å². The van der Waals surface area contributed by atoms with Crippen LogP contribution in [0.1, 0.15) is 0 Å². The van der Waals surface area contributed by atoms with Gasteiger partial charge in [-0.1, -0.05) is 94.8 Å². The summed E-state index contributed by atoms with van der Waals surface area (Å²) in [5.41, 5.74) is 5.97. The maximum Gasteiger partial charge on any atom is 0.569 e. The van der Waals surface area contributed by atoms with E-state index in [1.165, 1.54) is 3.57 Å². The molecule has 8 aromatic rings. The third kappa shape index (κ3) is 9.91. The molecule has 0 saturated heterocycles. The normalized spacial score (nSPS) is 10.3. The summed E-state index contributed by atoms with van der Waals surface area (Å²) in [6.07, 6.45) is 0. The Labute approximate surface area is 331 Å². The van der Waals surface area contributed by atoms with Gasteiger partial charge >= 0.3 is 7.69 Å². The summed E-state index contributed by atoms with van der Waals surface area (Å²) >= 11 is 9.09. The second-order valence-corrected chi connectivity index (χ2v) is 13.7. The van der Waals surface area contributed by atoms with Crippen molar-refractivity contribution >= 4 is 62.1 Å². The number of benzene rings is 6. The molecule has 0 aliphatic heterocycles. The Balaban J connectivity index is 0.000000146. The monoisotopic (exact) mass is 923 g/mol. The van der Waals surface area contributed by atoms with Crippen LogP contribution in [0, 0.1) is 3.57 Å². The minimum atomic E-state index is 0.521. The molecule has 0 unspecified atom stereocenters. The minimum absolute atomic E-state index is 0.521. The van der Waals surface area contributed by atoms with Gasteiger partial charge in [0.2, 0.25) is 23.6 Å². The Kier molecular flexibility index (Phi) is 13.2. The second-order valence-electron chi connectivity index (χ2n) is 10.8. The highest BCUT2D eigenvalue weighted by atomic mass is 127. The van der Waals surface area contributed by atoms with E-state index < -0.39 is 0 Å². The van der Waals surface area contributed by atoms with Crippen molar-refractivity contribution in [2.24, 2.45) is 0 Å². The maximum atomic E-state index is 8.28. The van der Waals surface area contributed by atoms with Gasteiger partial charge in [-0.25, -0.2) is 0 Å². The molecule has 1 radical (unpaired) electrons. The van der Waals surface area contributed by atoms with Crippen LogP contribution >= 0.6 is 54.5 Å². The van der Waals surface area contributed by atoms with Crippen molar-refractivity contribution in [2.75, 3.05) is 0 Å². The van der Waals surface area contributed by atoms with Crippen molar-refractivity contribution in [3.8, 4) is 62.7 Å². The fraction of sp³-hybridized carbons (Fsp3) is 0. The Morgan fingerprint density at radius 2 is 0.846 bits per heavy atom. The quantitative estimate of drug-likeness (QED) is 0.124. The molecule has 2 heterocycles. The van der Waals surface area contributed by atoms with Gasteiger partial charge in [0.05, 0.1) is 4.47 Å². The fourth-order valence-corrected chi connectivity index (χ4v) is 6.00. The molecule has 6 aromatic carbocycles. The van der Waals surface area contributed by atoms with Gasteiger partial charge in [0.1, 0.15) is 5.75 Å². The first kappa shape index (κ1) is 36.9. The summed E-state index contributed by atoms with van der Waals surface area (Å²) in [4.78, 5) is 0. The number of nitrogens with zero attached hydrogens (tertiary/aromatic N) is 4. The van der Waals surface area contributed by atoms with E-state index in [4.69, 9.17) is 18.5 Å². The van der Waals surface area contributed by atoms with Crippen LogP contribution < -0.4 is 4.65 Å². The lowest BCUT2D eigenvalue weighted by Crippen LogP contribution is -1.99. The van der Waals surface area contributed by atoms with Crippen molar-refractivity contribution in [1.29, 1.82) is 0 Å². The summed E-state index contributed by atoms with van der Waals surface area (Å²) < 4.78 is 19.3. The van der Waals surface area contributed by atoms with Crippen LogP contribution in [0.5, 0.6) is 5.75 Å². The van der Waals surface area contributed by atoms with Gasteiger partial charge in [0, 0.05) is 30.3 Å². The van der Waals surface area contributed by atoms with Gasteiger partial charge in [-0.3, -0.25) is 0 Å². The first-order valence-electron chi connectivity index (χ1n) is 15.7. The largest absolute Gasteiger partial charge is 0.569 e. The van der Waals surface area contributed by atoms with Crippen LogP contribution in [-0.4, -0.2) is 33.1 Å². The lowest BCUT2D eigenvalue weighted by molar-refractivity contribution is 0.452. The fourth-order valence-electron chi connectivity index (χ4n) is 4.75. The average Bonchev–Trinajstić information content (AvgIpc) is 3.90. The predicted molar refractivity (Wildman–Crippen MR) is 219 cm³/mol. The molecule has 0 fully saturated rings. The molecule has 12 heteroatoms. The molecule has 1 N–H and O–H groups in total. The molecule has 255 valence electrons. The van der Waals surface area contributed by atoms with Gasteiger partial charge in [0.15, 0.2) is 0 Å². The molecular weight excluding hydrogens is 898 g/mol. The predicted octanol–water partition coefficient (Wildman–Crippen LogP) is 11.2. The van der Waals surface area contributed by atoms with Crippen LogP contribution in [0.25, 0.3) is 56.9 Å². The van der Waals surface area contributed by atoms with E-state index in [-0.39, 0.29) is 0 Å². The number of aromatic nitrogens is 4. The van der Waals surface area contributed by atoms with E-state index in [0.717, 1.165) is 42.3 Å². The number of rotatable bonds is 7. The Bertz CT molecular complexity index is 2310.